The predicted octanol–water partition coefficient (Wildman–Crippen LogP) is 1.07. The maximum Gasteiger partial charge on any atom is 0.266 e. The van der Waals surface area contributed by atoms with Crippen molar-refractivity contribution in [2.24, 2.45) is 5.92 Å². The Morgan fingerprint density at radius 3 is 2.52 bits per heavy atom. The number of thioether (sulfide) groups is 1. The number of thiocarbonyl (C=S) groups is 1. The van der Waals surface area contributed by atoms with E-state index < -0.39 is 17.9 Å². The minimum Gasteiger partial charge on any atom is -0.548 e. The van der Waals surface area contributed by atoms with E-state index in [1.807, 2.05) is 0 Å². The van der Waals surface area contributed by atoms with Crippen molar-refractivity contribution in [3.8, 4) is 11.5 Å². The van der Waals surface area contributed by atoms with E-state index in [0.717, 1.165) is 16.7 Å². The molecule has 1 amide bonds. The third-order valence-corrected chi connectivity index (χ3v) is 4.60. The van der Waals surface area contributed by atoms with Gasteiger partial charge in [-0.1, -0.05) is 43.9 Å². The third-order valence-electron chi connectivity index (χ3n) is 3.27. The van der Waals surface area contributed by atoms with Gasteiger partial charge >= 0.3 is 0 Å². The number of phenolic OH excluding ortho intramolecular Hbond substituents is 2. The monoisotopic (exact) mass is 352 g/mol. The Balaban J connectivity index is 2.35. The van der Waals surface area contributed by atoms with Gasteiger partial charge in [-0.15, -0.1) is 0 Å². The molecule has 0 spiro atoms. The molecule has 2 N–H and O–H groups in total. The molecule has 0 saturated carbocycles. The highest BCUT2D eigenvalue weighted by Crippen LogP contribution is 2.36. The lowest BCUT2D eigenvalue weighted by molar-refractivity contribution is -0.311. The molecule has 1 heterocycles. The first-order valence-electron chi connectivity index (χ1n) is 6.72. The molecular formula is C15H14NO5S2-. The molecule has 0 aliphatic carbocycles. The van der Waals surface area contributed by atoms with Crippen molar-refractivity contribution in [3.05, 3.63) is 28.7 Å². The minimum absolute atomic E-state index is 0.146. The van der Waals surface area contributed by atoms with E-state index in [4.69, 9.17) is 12.2 Å². The summed E-state index contributed by atoms with van der Waals surface area (Å²) < 4.78 is 0.146. The third kappa shape index (κ3) is 3.48. The van der Waals surface area contributed by atoms with Crippen LogP contribution >= 0.6 is 24.0 Å². The predicted molar refractivity (Wildman–Crippen MR) is 88.4 cm³/mol. The van der Waals surface area contributed by atoms with Crippen LogP contribution in [0.15, 0.2) is 23.1 Å². The van der Waals surface area contributed by atoms with Crippen LogP contribution in [-0.2, 0) is 9.59 Å². The Bertz CT molecular complexity index is 714. The molecule has 2 rings (SSSR count). The Hall–Kier alpha value is -2.06. The molecule has 1 aromatic rings. The van der Waals surface area contributed by atoms with Crippen molar-refractivity contribution in [2.75, 3.05) is 0 Å². The summed E-state index contributed by atoms with van der Waals surface area (Å²) >= 11 is 6.10. The lowest BCUT2D eigenvalue weighted by Crippen LogP contribution is -2.52. The van der Waals surface area contributed by atoms with Crippen molar-refractivity contribution >= 4 is 46.3 Å². The molecule has 0 radical (unpaired) electrons. The van der Waals surface area contributed by atoms with Gasteiger partial charge in [0, 0.05) is 0 Å². The number of carboxylic acid groups (broad SMARTS) is 1. The Morgan fingerprint density at radius 1 is 1.35 bits per heavy atom. The van der Waals surface area contributed by atoms with Crippen LogP contribution < -0.4 is 5.11 Å². The highest BCUT2D eigenvalue weighted by atomic mass is 32.2. The number of rotatable bonds is 4. The topological polar surface area (TPSA) is 101 Å². The van der Waals surface area contributed by atoms with Gasteiger partial charge in [0.2, 0.25) is 0 Å². The van der Waals surface area contributed by atoms with E-state index in [0.29, 0.717) is 5.56 Å². The Kier molecular flexibility index (Phi) is 4.96. The highest BCUT2D eigenvalue weighted by Gasteiger charge is 2.39. The number of nitrogens with zero attached hydrogens (tertiary/aromatic N) is 1. The standard InChI is InChI=1S/C15H15NO5S2/c1-7(2)12(14(20)21)16-13(19)11(23-15(16)22)6-8-3-4-9(17)10(18)5-8/h3-7,12,17-18H,1-2H3,(H,20,21)/p-1/b11-6+/t12-/m0/s1. The van der Waals surface area contributed by atoms with Gasteiger partial charge in [-0.2, -0.15) is 0 Å². The molecule has 1 saturated heterocycles. The molecule has 6 nitrogen and oxygen atoms in total. The molecule has 0 aromatic heterocycles. The summed E-state index contributed by atoms with van der Waals surface area (Å²) in [4.78, 5) is 25.1. The summed E-state index contributed by atoms with van der Waals surface area (Å²) in [5.41, 5.74) is 0.482. The molecule has 1 fully saturated rings. The van der Waals surface area contributed by atoms with Crippen LogP contribution in [0.5, 0.6) is 11.5 Å². The summed E-state index contributed by atoms with van der Waals surface area (Å²) in [7, 11) is 0. The van der Waals surface area contributed by atoms with Gasteiger partial charge < -0.3 is 20.1 Å². The van der Waals surface area contributed by atoms with E-state index in [9.17, 15) is 24.9 Å². The van der Waals surface area contributed by atoms with Gasteiger partial charge in [0.15, 0.2) is 11.5 Å². The van der Waals surface area contributed by atoms with Crippen LogP contribution in [0.2, 0.25) is 0 Å². The van der Waals surface area contributed by atoms with Gasteiger partial charge in [0.25, 0.3) is 5.91 Å². The minimum atomic E-state index is -1.36. The van der Waals surface area contributed by atoms with Gasteiger partial charge in [0.05, 0.1) is 16.9 Å². The van der Waals surface area contributed by atoms with Crippen molar-refractivity contribution in [1.29, 1.82) is 0 Å². The van der Waals surface area contributed by atoms with Crippen LogP contribution in [0.1, 0.15) is 19.4 Å². The van der Waals surface area contributed by atoms with Crippen LogP contribution in [0.25, 0.3) is 6.08 Å². The molecule has 1 atom stereocenters. The molecule has 0 bridgehead atoms. The summed E-state index contributed by atoms with van der Waals surface area (Å²) in [6, 6.07) is 2.96. The molecule has 1 aromatic carbocycles. The van der Waals surface area contributed by atoms with E-state index in [2.05, 4.69) is 0 Å². The number of phenols is 2. The first-order valence-corrected chi connectivity index (χ1v) is 7.94. The normalized spacial score (nSPS) is 18.0. The second kappa shape index (κ2) is 6.59. The van der Waals surface area contributed by atoms with Gasteiger partial charge in [-0.3, -0.25) is 9.69 Å². The zero-order valence-electron chi connectivity index (χ0n) is 12.3. The summed E-state index contributed by atoms with van der Waals surface area (Å²) in [5.74, 6) is -2.83. The first kappa shape index (κ1) is 17.3. The maximum absolute atomic E-state index is 12.5. The number of hydrogen-bond acceptors (Lipinski definition) is 7. The second-order valence-electron chi connectivity index (χ2n) is 5.31. The SMILES string of the molecule is CC(C)[C@@H](C(=O)[O-])N1C(=O)/C(=C\c2ccc(O)c(O)c2)SC1=S. The van der Waals surface area contributed by atoms with Crippen LogP contribution in [0.4, 0.5) is 0 Å². The molecule has 1 aliphatic heterocycles. The number of aliphatic carboxylic acids is 1. The van der Waals surface area contributed by atoms with Crippen LogP contribution in [0, 0.1) is 5.92 Å². The van der Waals surface area contributed by atoms with E-state index >= 15 is 0 Å². The molecule has 23 heavy (non-hydrogen) atoms. The fourth-order valence-electron chi connectivity index (χ4n) is 2.18. The number of hydrogen-bond donors (Lipinski definition) is 2. The van der Waals surface area contributed by atoms with Crippen molar-refractivity contribution in [2.45, 2.75) is 19.9 Å². The van der Waals surface area contributed by atoms with Crippen LogP contribution in [-0.4, -0.2) is 37.4 Å². The van der Waals surface area contributed by atoms with E-state index in [1.54, 1.807) is 13.8 Å². The second-order valence-corrected chi connectivity index (χ2v) is 6.98. The first-order chi connectivity index (χ1) is 10.7. The lowest BCUT2D eigenvalue weighted by atomic mass is 10.0. The fraction of sp³-hybridized carbons (Fsp3) is 0.267. The molecule has 1 aliphatic rings. The van der Waals surface area contributed by atoms with Crippen molar-refractivity contribution < 1.29 is 24.9 Å². The Morgan fingerprint density at radius 2 is 2.00 bits per heavy atom. The van der Waals surface area contributed by atoms with E-state index in [-0.39, 0.29) is 26.6 Å². The molecular weight excluding hydrogens is 338 g/mol. The number of amides is 1. The average molecular weight is 352 g/mol. The average Bonchev–Trinajstić information content (AvgIpc) is 2.70. The molecule has 8 heteroatoms. The van der Waals surface area contributed by atoms with Crippen LogP contribution in [0.3, 0.4) is 0 Å². The van der Waals surface area contributed by atoms with Gasteiger partial charge in [0.1, 0.15) is 4.32 Å². The van der Waals surface area contributed by atoms with Crippen molar-refractivity contribution in [1.82, 2.24) is 4.90 Å². The van der Waals surface area contributed by atoms with E-state index in [1.165, 1.54) is 24.3 Å². The summed E-state index contributed by atoms with van der Waals surface area (Å²) in [6.45, 7) is 3.33. The number of aromatic hydroxyl groups is 2. The summed E-state index contributed by atoms with van der Waals surface area (Å²) in [5, 5.41) is 30.1. The number of carboxylic acids is 1. The Labute approximate surface area is 142 Å². The zero-order chi connectivity index (χ0) is 17.3. The fourth-order valence-corrected chi connectivity index (χ4v) is 3.51. The lowest BCUT2D eigenvalue weighted by Gasteiger charge is -2.30. The highest BCUT2D eigenvalue weighted by molar-refractivity contribution is 8.26. The number of carbonyl (C=O) groups is 2. The zero-order valence-corrected chi connectivity index (χ0v) is 14.0. The maximum atomic E-state index is 12.5. The quantitative estimate of drug-likeness (QED) is 0.475. The molecule has 122 valence electrons. The smallest absolute Gasteiger partial charge is 0.266 e. The van der Waals surface area contributed by atoms with Crippen molar-refractivity contribution in [3.63, 3.8) is 0 Å². The number of carbonyl (C=O) groups excluding carboxylic acids is 2. The molecule has 0 unspecified atom stereocenters. The summed E-state index contributed by atoms with van der Waals surface area (Å²) in [6.07, 6.45) is 1.48. The van der Waals surface area contributed by atoms with Gasteiger partial charge in [-0.05, 0) is 29.7 Å². The number of benzene rings is 1. The van der Waals surface area contributed by atoms with Gasteiger partial charge in [-0.25, -0.2) is 0 Å². The largest absolute Gasteiger partial charge is 0.548 e.